The van der Waals surface area contributed by atoms with Crippen LogP contribution in [0.2, 0.25) is 0 Å². The van der Waals surface area contributed by atoms with Gasteiger partial charge in [0.25, 0.3) is 0 Å². The predicted octanol–water partition coefficient (Wildman–Crippen LogP) is -6.89. The van der Waals surface area contributed by atoms with Gasteiger partial charge in [-0.3, -0.25) is 0 Å². The summed E-state index contributed by atoms with van der Waals surface area (Å²) in [7, 11) is 1.22. The van der Waals surface area contributed by atoms with Crippen LogP contribution in [-0.2, 0) is 14.3 Å². The van der Waals surface area contributed by atoms with Crippen molar-refractivity contribution in [1.82, 2.24) is 0 Å². The SMILES string of the molecule is C.C.COC(=O)CO.O=[C-]O.[Ca+2].[Ca+2].[Cl-].[Cl-].[OH-]. The van der Waals surface area contributed by atoms with E-state index in [1.54, 1.807) is 0 Å². The Morgan fingerprint density at radius 3 is 1.44 bits per heavy atom. The van der Waals surface area contributed by atoms with E-state index in [0.717, 1.165) is 0 Å². The number of esters is 1. The largest absolute Gasteiger partial charge is 2.00 e. The first-order valence-electron chi connectivity index (χ1n) is 1.91. The molecule has 0 saturated carbocycles. The summed E-state index contributed by atoms with van der Waals surface area (Å²) in [5.74, 6) is -0.602. The van der Waals surface area contributed by atoms with E-state index < -0.39 is 12.6 Å². The van der Waals surface area contributed by atoms with Crippen molar-refractivity contribution in [1.29, 1.82) is 0 Å². The van der Waals surface area contributed by atoms with Gasteiger partial charge in [0.05, 0.1) is 7.11 Å². The standard InChI is InChI=1S/C3H6O3.CHO2.2CH4.2Ca.2ClH.H2O/c1-6-3(5)2-4;2-1-3;;;;;;;/h4H,2H2,1H3;(H,2,3);2*1H4;;;2*1H;1H2/q;-1;;;2*+2;;;/p-3. The van der Waals surface area contributed by atoms with Crippen LogP contribution < -0.4 is 24.8 Å². The van der Waals surface area contributed by atoms with Crippen LogP contribution in [-0.4, -0.2) is 117 Å². The van der Waals surface area contributed by atoms with Crippen molar-refractivity contribution < 1.29 is 54.8 Å². The Kier molecular flexibility index (Phi) is 274. The maximum absolute atomic E-state index is 9.71. The molecule has 0 fully saturated rings. The van der Waals surface area contributed by atoms with E-state index in [2.05, 4.69) is 4.74 Å². The first kappa shape index (κ1) is 64.4. The molecular formula is C6H16Ca2Cl2O6. The van der Waals surface area contributed by atoms with Crippen LogP contribution in [0.3, 0.4) is 0 Å². The van der Waals surface area contributed by atoms with E-state index in [0.29, 0.717) is 6.47 Å². The molecule has 0 atom stereocenters. The Bertz CT molecular complexity index is 93.1. The molecule has 0 aliphatic heterocycles. The van der Waals surface area contributed by atoms with Crippen LogP contribution in [0.1, 0.15) is 14.9 Å². The maximum atomic E-state index is 9.71. The quantitative estimate of drug-likeness (QED) is 0.280. The average Bonchev–Trinajstić information content (AvgIpc) is 1.88. The molecule has 0 spiro atoms. The maximum Gasteiger partial charge on any atom is 2.00 e. The fourth-order valence-electron chi connectivity index (χ4n) is 0.0645. The zero-order valence-electron chi connectivity index (χ0n) is 7.44. The predicted molar refractivity (Wildman–Crippen MR) is 54.3 cm³/mol. The minimum atomic E-state index is -0.602. The minimum absolute atomic E-state index is 0. The number of aliphatic hydroxyl groups is 1. The monoisotopic (exact) mass is 334 g/mol. The molecule has 0 heterocycles. The van der Waals surface area contributed by atoms with Gasteiger partial charge in [-0.25, -0.2) is 4.79 Å². The third-order valence-corrected chi connectivity index (χ3v) is 0.357. The van der Waals surface area contributed by atoms with Gasteiger partial charge in [-0.05, 0) is 0 Å². The first-order valence-corrected chi connectivity index (χ1v) is 1.91. The van der Waals surface area contributed by atoms with Crippen LogP contribution in [0.25, 0.3) is 0 Å². The van der Waals surface area contributed by atoms with E-state index >= 15 is 0 Å². The van der Waals surface area contributed by atoms with Crippen molar-refractivity contribution in [3.8, 4) is 0 Å². The molecule has 6 nitrogen and oxygen atoms in total. The van der Waals surface area contributed by atoms with Gasteiger partial charge in [0.1, 0.15) is 6.61 Å². The van der Waals surface area contributed by atoms with Crippen molar-refractivity contribution >= 4 is 87.9 Å². The summed E-state index contributed by atoms with van der Waals surface area (Å²) in [5.41, 5.74) is 0. The van der Waals surface area contributed by atoms with Gasteiger partial charge in [0.15, 0.2) is 0 Å². The van der Waals surface area contributed by atoms with E-state index in [1.807, 2.05) is 0 Å². The molecule has 0 aliphatic carbocycles. The molecule has 0 unspecified atom stereocenters. The molecule has 3 N–H and O–H groups in total. The molecule has 0 amide bonds. The zero-order chi connectivity index (χ0) is 7.70. The van der Waals surface area contributed by atoms with Gasteiger partial charge < -0.3 is 50.0 Å². The van der Waals surface area contributed by atoms with E-state index in [4.69, 9.17) is 15.0 Å². The number of aliphatic hydroxyl groups excluding tert-OH is 2. The Labute approximate surface area is 169 Å². The summed E-state index contributed by atoms with van der Waals surface area (Å²) in [6.45, 7) is -0.0312. The molecule has 0 bridgehead atoms. The fraction of sp³-hybridized carbons (Fsp3) is 0.667. The Morgan fingerprint density at radius 1 is 1.25 bits per heavy atom. The zero-order valence-corrected chi connectivity index (χ0v) is 13.4. The molecule has 0 saturated heterocycles. The third kappa shape index (κ3) is 101. The van der Waals surface area contributed by atoms with E-state index in [1.165, 1.54) is 7.11 Å². The number of ether oxygens (including phenoxy) is 1. The van der Waals surface area contributed by atoms with Gasteiger partial charge >= 0.3 is 81.4 Å². The molecule has 0 aromatic carbocycles. The molecule has 0 aromatic heterocycles. The normalized spacial score (nSPS) is 3.62. The second kappa shape index (κ2) is 68.2. The van der Waals surface area contributed by atoms with Crippen LogP contribution in [0.15, 0.2) is 0 Å². The Morgan fingerprint density at radius 2 is 1.44 bits per heavy atom. The third-order valence-electron chi connectivity index (χ3n) is 0.357. The molecule has 0 aliphatic rings. The molecule has 16 heavy (non-hydrogen) atoms. The smallest absolute Gasteiger partial charge is 1.00 e. The molecule has 0 aromatic rings. The van der Waals surface area contributed by atoms with Crippen molar-refractivity contribution in [3.05, 3.63) is 0 Å². The second-order valence-corrected chi connectivity index (χ2v) is 0.826. The summed E-state index contributed by atoms with van der Waals surface area (Å²) in [4.78, 5) is 17.9. The number of carbonyl (C=O) groups is 1. The second-order valence-electron chi connectivity index (χ2n) is 0.826. The molecule has 0 radical (unpaired) electrons. The molecular weight excluding hydrogens is 319 g/mol. The van der Waals surface area contributed by atoms with Gasteiger partial charge in [-0.1, -0.05) is 21.3 Å². The van der Waals surface area contributed by atoms with Crippen LogP contribution in [0, 0.1) is 0 Å². The number of hydrogen-bond acceptors (Lipinski definition) is 5. The number of carbonyl (C=O) groups excluding carboxylic acids is 1. The van der Waals surface area contributed by atoms with Crippen molar-refractivity contribution in [2.45, 2.75) is 14.9 Å². The number of methoxy groups -OCH3 is 1. The Balaban J connectivity index is -0.00000000654. The van der Waals surface area contributed by atoms with Gasteiger partial charge in [-0.15, -0.1) is 0 Å². The van der Waals surface area contributed by atoms with Crippen molar-refractivity contribution in [3.63, 3.8) is 0 Å². The topological polar surface area (TPSA) is 114 Å². The number of halogens is 2. The van der Waals surface area contributed by atoms with Crippen LogP contribution in [0.4, 0.5) is 0 Å². The van der Waals surface area contributed by atoms with Crippen LogP contribution in [0.5, 0.6) is 0 Å². The molecule has 10 heteroatoms. The first-order chi connectivity index (χ1) is 4.22. The molecule has 0 rings (SSSR count). The van der Waals surface area contributed by atoms with Crippen LogP contribution >= 0.6 is 0 Å². The summed E-state index contributed by atoms with van der Waals surface area (Å²) in [5, 5.41) is 14.6. The van der Waals surface area contributed by atoms with Gasteiger partial charge in [0, 0.05) is 0 Å². The fourth-order valence-corrected chi connectivity index (χ4v) is 0.0645. The summed E-state index contributed by atoms with van der Waals surface area (Å²) in [6.07, 6.45) is 0. The average molecular weight is 335 g/mol. The summed E-state index contributed by atoms with van der Waals surface area (Å²) >= 11 is 0. The molecule has 94 valence electrons. The number of rotatable bonds is 1. The number of hydrogen-bond donors (Lipinski definition) is 2. The summed E-state index contributed by atoms with van der Waals surface area (Å²) in [6, 6.07) is 0. The van der Waals surface area contributed by atoms with Crippen molar-refractivity contribution in [2.24, 2.45) is 0 Å². The van der Waals surface area contributed by atoms with E-state index in [9.17, 15) is 4.79 Å². The van der Waals surface area contributed by atoms with Gasteiger partial charge in [0.2, 0.25) is 0 Å². The summed E-state index contributed by atoms with van der Waals surface area (Å²) < 4.78 is 4.01. The van der Waals surface area contributed by atoms with E-state index in [-0.39, 0.29) is 121 Å². The van der Waals surface area contributed by atoms with Gasteiger partial charge in [-0.2, -0.15) is 0 Å². The van der Waals surface area contributed by atoms with Crippen molar-refractivity contribution in [2.75, 3.05) is 13.7 Å². The minimum Gasteiger partial charge on any atom is -1.00 e. The Hall–Kier alpha value is 1.96.